The zero-order valence-corrected chi connectivity index (χ0v) is 12.4. The van der Waals surface area contributed by atoms with Crippen LogP contribution in [0.25, 0.3) is 0 Å². The highest BCUT2D eigenvalue weighted by atomic mass is 35.5. The molecule has 0 saturated heterocycles. The van der Waals surface area contributed by atoms with E-state index in [-0.39, 0.29) is 17.8 Å². The number of nitrogens with zero attached hydrogens (tertiary/aromatic N) is 1. The number of hydrogen-bond acceptors (Lipinski definition) is 3. The van der Waals surface area contributed by atoms with E-state index in [4.69, 9.17) is 11.6 Å². The molecule has 2 N–H and O–H groups in total. The Bertz CT molecular complexity index is 690. The van der Waals surface area contributed by atoms with Crippen molar-refractivity contribution in [3.63, 3.8) is 0 Å². The van der Waals surface area contributed by atoms with Crippen LogP contribution in [-0.2, 0) is 6.18 Å². The van der Waals surface area contributed by atoms with E-state index in [1.54, 1.807) is 0 Å². The smallest absolute Gasteiger partial charge is 0.387 e. The molecular formula is C15H12ClF3N2O2. The highest BCUT2D eigenvalue weighted by Gasteiger charge is 2.30. The maximum absolute atomic E-state index is 12.6. The monoisotopic (exact) mass is 344 g/mol. The summed E-state index contributed by atoms with van der Waals surface area (Å²) in [5.74, 6) is -0.562. The topological polar surface area (TPSA) is 62.2 Å². The van der Waals surface area contributed by atoms with Gasteiger partial charge in [0.05, 0.1) is 16.7 Å². The van der Waals surface area contributed by atoms with E-state index in [0.717, 1.165) is 12.1 Å². The van der Waals surface area contributed by atoms with Crippen LogP contribution in [0.4, 0.5) is 13.2 Å². The van der Waals surface area contributed by atoms with Crippen LogP contribution in [0.2, 0.25) is 5.02 Å². The molecule has 0 aliphatic carbocycles. The summed E-state index contributed by atoms with van der Waals surface area (Å²) in [6, 6.07) is 7.18. The quantitative estimate of drug-likeness (QED) is 0.895. The Balaban J connectivity index is 2.01. The summed E-state index contributed by atoms with van der Waals surface area (Å²) < 4.78 is 37.9. The Morgan fingerprint density at radius 1 is 1.30 bits per heavy atom. The Kier molecular flexibility index (Phi) is 5.23. The summed E-state index contributed by atoms with van der Waals surface area (Å²) in [5.41, 5.74) is -0.713. The zero-order chi connectivity index (χ0) is 17.0. The van der Waals surface area contributed by atoms with Gasteiger partial charge in [0.1, 0.15) is 5.69 Å². The number of hydrogen-bond donors (Lipinski definition) is 2. The molecule has 0 aliphatic rings. The number of nitrogens with one attached hydrogen (secondary N) is 1. The lowest BCUT2D eigenvalue weighted by atomic mass is 10.1. The second kappa shape index (κ2) is 6.97. The van der Waals surface area contributed by atoms with Gasteiger partial charge in [0.2, 0.25) is 0 Å². The van der Waals surface area contributed by atoms with E-state index in [2.05, 4.69) is 10.3 Å². The molecule has 1 aromatic heterocycles. The standard InChI is InChI=1S/C15H12ClF3N2O2/c16-11-4-5-12(20-7-11)14(23)21-8-13(22)9-2-1-3-10(6-9)15(17,18)19/h1-7,13,22H,8H2,(H,21,23). The number of carbonyl (C=O) groups excluding carboxylic acids is 1. The molecule has 1 aromatic carbocycles. The Hall–Kier alpha value is -2.12. The largest absolute Gasteiger partial charge is 0.416 e. The number of aliphatic hydroxyl groups excluding tert-OH is 1. The third kappa shape index (κ3) is 4.67. The van der Waals surface area contributed by atoms with Crippen LogP contribution in [0, 0.1) is 0 Å². The van der Waals surface area contributed by atoms with Gasteiger partial charge in [-0.25, -0.2) is 4.98 Å². The SMILES string of the molecule is O=C(NCC(O)c1cccc(C(F)(F)F)c1)c1ccc(Cl)cn1. The van der Waals surface area contributed by atoms with E-state index in [1.165, 1.54) is 30.5 Å². The Morgan fingerprint density at radius 2 is 2.04 bits per heavy atom. The number of pyridine rings is 1. The predicted octanol–water partition coefficient (Wildman–Crippen LogP) is 3.22. The Morgan fingerprint density at radius 3 is 2.65 bits per heavy atom. The average molecular weight is 345 g/mol. The van der Waals surface area contributed by atoms with Gasteiger partial charge in [0, 0.05) is 12.7 Å². The van der Waals surface area contributed by atoms with Crippen molar-refractivity contribution in [3.8, 4) is 0 Å². The normalized spacial score (nSPS) is 12.7. The molecule has 0 saturated carbocycles. The third-order valence-corrected chi connectivity index (χ3v) is 3.24. The van der Waals surface area contributed by atoms with Gasteiger partial charge in [-0.1, -0.05) is 23.7 Å². The second-order valence-electron chi connectivity index (χ2n) is 4.71. The molecular weight excluding hydrogens is 333 g/mol. The number of aliphatic hydroxyl groups is 1. The first kappa shape index (κ1) is 17.2. The van der Waals surface area contributed by atoms with Crippen molar-refractivity contribution in [1.29, 1.82) is 0 Å². The molecule has 8 heteroatoms. The van der Waals surface area contributed by atoms with Gasteiger partial charge < -0.3 is 10.4 Å². The summed E-state index contributed by atoms with van der Waals surface area (Å²) >= 11 is 5.65. The minimum atomic E-state index is -4.49. The summed E-state index contributed by atoms with van der Waals surface area (Å²) in [6.45, 7) is -0.246. The number of alkyl halides is 3. The number of halogens is 4. The summed E-state index contributed by atoms with van der Waals surface area (Å²) in [4.78, 5) is 15.6. The van der Waals surface area contributed by atoms with Crippen molar-refractivity contribution in [3.05, 3.63) is 64.4 Å². The molecule has 0 aliphatic heterocycles. The number of aromatic nitrogens is 1. The fourth-order valence-electron chi connectivity index (χ4n) is 1.83. The minimum Gasteiger partial charge on any atom is -0.387 e. The van der Waals surface area contributed by atoms with E-state index in [1.807, 2.05) is 0 Å². The molecule has 0 bridgehead atoms. The molecule has 122 valence electrons. The van der Waals surface area contributed by atoms with Crippen LogP contribution in [0.1, 0.15) is 27.7 Å². The lowest BCUT2D eigenvalue weighted by Crippen LogP contribution is -2.29. The highest BCUT2D eigenvalue weighted by Crippen LogP contribution is 2.30. The van der Waals surface area contributed by atoms with Gasteiger partial charge in [-0.2, -0.15) is 13.2 Å². The van der Waals surface area contributed by atoms with Crippen molar-refractivity contribution in [1.82, 2.24) is 10.3 Å². The maximum Gasteiger partial charge on any atom is 0.416 e. The van der Waals surface area contributed by atoms with Gasteiger partial charge in [0.25, 0.3) is 5.91 Å². The van der Waals surface area contributed by atoms with E-state index in [9.17, 15) is 23.1 Å². The molecule has 0 spiro atoms. The van der Waals surface area contributed by atoms with Crippen LogP contribution >= 0.6 is 11.6 Å². The van der Waals surface area contributed by atoms with Crippen LogP contribution in [-0.4, -0.2) is 22.5 Å². The molecule has 0 fully saturated rings. The van der Waals surface area contributed by atoms with Crippen molar-refractivity contribution < 1.29 is 23.1 Å². The van der Waals surface area contributed by atoms with Crippen LogP contribution < -0.4 is 5.32 Å². The third-order valence-electron chi connectivity index (χ3n) is 3.01. The molecule has 0 radical (unpaired) electrons. The minimum absolute atomic E-state index is 0.0594. The lowest BCUT2D eigenvalue weighted by molar-refractivity contribution is -0.137. The van der Waals surface area contributed by atoms with Crippen LogP contribution in [0.5, 0.6) is 0 Å². The van der Waals surface area contributed by atoms with Gasteiger partial charge in [0.15, 0.2) is 0 Å². The highest BCUT2D eigenvalue weighted by molar-refractivity contribution is 6.30. The fourth-order valence-corrected chi connectivity index (χ4v) is 1.94. The number of rotatable bonds is 4. The van der Waals surface area contributed by atoms with Crippen molar-refractivity contribution in [2.45, 2.75) is 12.3 Å². The Labute approximate surface area is 134 Å². The van der Waals surface area contributed by atoms with Crippen molar-refractivity contribution in [2.24, 2.45) is 0 Å². The molecule has 2 rings (SSSR count). The molecule has 23 heavy (non-hydrogen) atoms. The molecule has 1 heterocycles. The molecule has 2 aromatic rings. The zero-order valence-electron chi connectivity index (χ0n) is 11.6. The number of benzene rings is 1. The molecule has 1 unspecified atom stereocenters. The van der Waals surface area contributed by atoms with Crippen molar-refractivity contribution >= 4 is 17.5 Å². The van der Waals surface area contributed by atoms with Gasteiger partial charge in [-0.3, -0.25) is 4.79 Å². The first-order valence-electron chi connectivity index (χ1n) is 6.52. The van der Waals surface area contributed by atoms with Gasteiger partial charge >= 0.3 is 6.18 Å². The average Bonchev–Trinajstić information content (AvgIpc) is 2.52. The van der Waals surface area contributed by atoms with Gasteiger partial charge in [-0.05, 0) is 29.8 Å². The molecule has 1 atom stereocenters. The van der Waals surface area contributed by atoms with Crippen molar-refractivity contribution in [2.75, 3.05) is 6.54 Å². The van der Waals surface area contributed by atoms with E-state index < -0.39 is 23.8 Å². The first-order valence-corrected chi connectivity index (χ1v) is 6.90. The summed E-state index contributed by atoms with van der Waals surface area (Å²) in [5, 5.41) is 12.7. The van der Waals surface area contributed by atoms with Gasteiger partial charge in [-0.15, -0.1) is 0 Å². The first-order chi connectivity index (χ1) is 10.8. The molecule has 4 nitrogen and oxygen atoms in total. The number of amides is 1. The van der Waals surface area contributed by atoms with Crippen LogP contribution in [0.15, 0.2) is 42.6 Å². The molecule has 1 amide bonds. The van der Waals surface area contributed by atoms with Crippen LogP contribution in [0.3, 0.4) is 0 Å². The maximum atomic E-state index is 12.6. The number of carbonyl (C=O) groups is 1. The summed E-state index contributed by atoms with van der Waals surface area (Å²) in [7, 11) is 0. The lowest BCUT2D eigenvalue weighted by Gasteiger charge is -2.14. The van der Waals surface area contributed by atoms with E-state index in [0.29, 0.717) is 5.02 Å². The summed E-state index contributed by atoms with van der Waals surface area (Å²) in [6.07, 6.45) is -4.47. The van der Waals surface area contributed by atoms with E-state index >= 15 is 0 Å². The fraction of sp³-hybridized carbons (Fsp3) is 0.200. The predicted molar refractivity (Wildman–Crippen MR) is 78.0 cm³/mol. The second-order valence-corrected chi connectivity index (χ2v) is 5.15.